The number of rotatable bonds is 9. The summed E-state index contributed by atoms with van der Waals surface area (Å²) in [7, 11) is -8.11. The molecular weight excluding hydrogens is 530 g/mol. The molecule has 0 atom stereocenters. The van der Waals surface area contributed by atoms with Crippen LogP contribution in [0.15, 0.2) is 58.3 Å². The summed E-state index contributed by atoms with van der Waals surface area (Å²) < 4.78 is 67.5. The van der Waals surface area contributed by atoms with E-state index in [4.69, 9.17) is 13.1 Å². The Balaban J connectivity index is 1.72. The summed E-state index contributed by atoms with van der Waals surface area (Å²) in [6.07, 6.45) is 0.626. The third-order valence-corrected chi connectivity index (χ3v) is 8.94. The fourth-order valence-corrected chi connectivity index (χ4v) is 6.02. The molecule has 1 aliphatic rings. The highest BCUT2D eigenvalue weighted by Gasteiger charge is 2.33. The van der Waals surface area contributed by atoms with Crippen LogP contribution in [-0.4, -0.2) is 59.7 Å². The zero-order chi connectivity index (χ0) is 28.1. The normalized spacial score (nSPS) is 15.6. The van der Waals surface area contributed by atoms with Crippen LogP contribution in [0.25, 0.3) is 0 Å². The van der Waals surface area contributed by atoms with Gasteiger partial charge in [0.1, 0.15) is 5.60 Å². The van der Waals surface area contributed by atoms with Crippen LogP contribution in [0.1, 0.15) is 44.7 Å². The molecule has 1 fully saturated rings. The van der Waals surface area contributed by atoms with E-state index in [-0.39, 0.29) is 28.9 Å². The highest BCUT2D eigenvalue weighted by molar-refractivity contribution is 7.87. The highest BCUT2D eigenvalue weighted by Crippen LogP contribution is 2.29. The van der Waals surface area contributed by atoms with E-state index < -0.39 is 37.8 Å². The van der Waals surface area contributed by atoms with Gasteiger partial charge in [0.25, 0.3) is 20.2 Å². The van der Waals surface area contributed by atoms with Crippen molar-refractivity contribution in [2.75, 3.05) is 26.3 Å². The van der Waals surface area contributed by atoms with Gasteiger partial charge in [-0.25, -0.2) is 4.79 Å². The largest absolute Gasteiger partial charge is 0.444 e. The molecule has 1 saturated heterocycles. The summed E-state index contributed by atoms with van der Waals surface area (Å²) in [6.45, 7) is 9.37. The molecule has 3 rings (SSSR count). The average molecular weight is 568 g/mol. The van der Waals surface area contributed by atoms with Crippen molar-refractivity contribution in [1.82, 2.24) is 4.90 Å². The van der Waals surface area contributed by atoms with Crippen LogP contribution < -0.4 is 0 Å². The van der Waals surface area contributed by atoms with Crippen molar-refractivity contribution in [3.05, 3.63) is 59.7 Å². The molecule has 2 aromatic rings. The fourth-order valence-electron chi connectivity index (χ4n) is 4.10. The Kier molecular flexibility index (Phi) is 9.62. The predicted molar refractivity (Wildman–Crippen MR) is 143 cm³/mol. The zero-order valence-electron chi connectivity index (χ0n) is 22.5. The van der Waals surface area contributed by atoms with E-state index in [9.17, 15) is 21.6 Å². The molecule has 0 aliphatic carbocycles. The number of benzene rings is 2. The Hall–Kier alpha value is -2.47. The maximum absolute atomic E-state index is 12.8. The maximum Gasteiger partial charge on any atom is 0.410 e. The smallest absolute Gasteiger partial charge is 0.410 e. The number of aryl methyl sites for hydroxylation is 2. The standard InChI is InChI=1S/C27H37NO8S2/c1-20-6-10-24(11-7-20)37(30,31)34-18-23(19-35-38(32,33)25-12-8-21(2)9-13-25)22-14-16-28(17-15-22)26(29)36-27(3,4)5/h6-13,22-23H,14-19H2,1-5H3. The minimum Gasteiger partial charge on any atom is -0.444 e. The van der Waals surface area contributed by atoms with Gasteiger partial charge < -0.3 is 9.64 Å². The summed E-state index contributed by atoms with van der Waals surface area (Å²) >= 11 is 0. The van der Waals surface area contributed by atoms with Crippen LogP contribution in [0, 0.1) is 25.7 Å². The van der Waals surface area contributed by atoms with Crippen molar-refractivity contribution in [3.63, 3.8) is 0 Å². The van der Waals surface area contributed by atoms with E-state index in [0.717, 1.165) is 11.1 Å². The lowest BCUT2D eigenvalue weighted by Crippen LogP contribution is -2.44. The van der Waals surface area contributed by atoms with Gasteiger partial charge in [-0.3, -0.25) is 8.37 Å². The first kappa shape index (κ1) is 30.1. The molecule has 210 valence electrons. The fraction of sp³-hybridized carbons (Fsp3) is 0.519. The molecule has 0 spiro atoms. The monoisotopic (exact) mass is 567 g/mol. The van der Waals surface area contributed by atoms with Gasteiger partial charge >= 0.3 is 6.09 Å². The van der Waals surface area contributed by atoms with Crippen molar-refractivity contribution in [2.45, 2.75) is 62.9 Å². The molecule has 0 aromatic heterocycles. The van der Waals surface area contributed by atoms with Crippen LogP contribution in [0.3, 0.4) is 0 Å². The quantitative estimate of drug-likeness (QED) is 0.401. The van der Waals surface area contributed by atoms with E-state index in [1.807, 2.05) is 13.8 Å². The molecule has 0 saturated carbocycles. The molecule has 2 aromatic carbocycles. The van der Waals surface area contributed by atoms with Crippen LogP contribution in [-0.2, 0) is 33.3 Å². The lowest BCUT2D eigenvalue weighted by molar-refractivity contribution is 0.0128. The predicted octanol–water partition coefficient (Wildman–Crippen LogP) is 4.68. The molecule has 1 aliphatic heterocycles. The number of likely N-dealkylation sites (tertiary alicyclic amines) is 1. The molecule has 0 radical (unpaired) electrons. The minimum atomic E-state index is -4.06. The maximum atomic E-state index is 12.8. The second-order valence-corrected chi connectivity index (χ2v) is 13.9. The van der Waals surface area contributed by atoms with Gasteiger partial charge in [0, 0.05) is 19.0 Å². The number of piperidine rings is 1. The topological polar surface area (TPSA) is 116 Å². The molecule has 0 N–H and O–H groups in total. The first-order valence-electron chi connectivity index (χ1n) is 12.6. The summed E-state index contributed by atoms with van der Waals surface area (Å²) in [5.74, 6) is -0.675. The van der Waals surface area contributed by atoms with E-state index in [1.165, 1.54) is 24.3 Å². The Morgan fingerprint density at radius 1 is 0.816 bits per heavy atom. The minimum absolute atomic E-state index is 0.0230. The molecule has 0 unspecified atom stereocenters. The summed E-state index contributed by atoms with van der Waals surface area (Å²) in [5, 5.41) is 0. The van der Waals surface area contributed by atoms with Crippen molar-refractivity contribution in [2.24, 2.45) is 11.8 Å². The summed E-state index contributed by atoms with van der Waals surface area (Å²) in [4.78, 5) is 14.1. The Labute approximate surface area is 226 Å². The molecule has 9 nitrogen and oxygen atoms in total. The van der Waals surface area contributed by atoms with E-state index in [0.29, 0.717) is 25.9 Å². The molecule has 1 heterocycles. The third kappa shape index (κ3) is 8.52. The SMILES string of the molecule is Cc1ccc(S(=O)(=O)OCC(COS(=O)(=O)c2ccc(C)cc2)C2CCN(C(=O)OC(C)(C)C)CC2)cc1. The van der Waals surface area contributed by atoms with Crippen LogP contribution in [0.5, 0.6) is 0 Å². The first-order chi connectivity index (χ1) is 17.7. The van der Waals surface area contributed by atoms with Gasteiger partial charge in [0.15, 0.2) is 0 Å². The van der Waals surface area contributed by atoms with Crippen LogP contribution >= 0.6 is 0 Å². The van der Waals surface area contributed by atoms with Crippen LogP contribution in [0.2, 0.25) is 0 Å². The van der Waals surface area contributed by atoms with Gasteiger partial charge in [-0.05, 0) is 77.6 Å². The number of ether oxygens (including phenoxy) is 1. The zero-order valence-corrected chi connectivity index (χ0v) is 24.2. The molecular formula is C27H37NO8S2. The summed E-state index contributed by atoms with van der Waals surface area (Å²) in [6, 6.07) is 12.6. The number of hydrogen-bond donors (Lipinski definition) is 0. The molecule has 11 heteroatoms. The second kappa shape index (κ2) is 12.1. The molecule has 0 bridgehead atoms. The summed E-state index contributed by atoms with van der Waals surface area (Å²) in [5.41, 5.74) is 1.20. The Morgan fingerprint density at radius 2 is 1.21 bits per heavy atom. The lowest BCUT2D eigenvalue weighted by atomic mass is 9.85. The second-order valence-electron chi connectivity index (χ2n) is 10.7. The Morgan fingerprint density at radius 3 is 1.58 bits per heavy atom. The van der Waals surface area contributed by atoms with E-state index >= 15 is 0 Å². The van der Waals surface area contributed by atoms with Gasteiger partial charge in [-0.1, -0.05) is 35.4 Å². The number of amides is 1. The van der Waals surface area contributed by atoms with Crippen molar-refractivity contribution in [3.8, 4) is 0 Å². The molecule has 1 amide bonds. The number of nitrogens with zero attached hydrogens (tertiary/aromatic N) is 1. The van der Waals surface area contributed by atoms with Crippen LogP contribution in [0.4, 0.5) is 4.79 Å². The van der Waals surface area contributed by atoms with Crippen molar-refractivity contribution >= 4 is 26.3 Å². The van der Waals surface area contributed by atoms with Gasteiger partial charge in [0.05, 0.1) is 23.0 Å². The van der Waals surface area contributed by atoms with E-state index in [1.54, 1.807) is 49.9 Å². The van der Waals surface area contributed by atoms with Gasteiger partial charge in [-0.2, -0.15) is 16.8 Å². The number of carbonyl (C=O) groups is 1. The average Bonchev–Trinajstić information content (AvgIpc) is 2.83. The number of carbonyl (C=O) groups excluding carboxylic acids is 1. The van der Waals surface area contributed by atoms with Gasteiger partial charge in [-0.15, -0.1) is 0 Å². The first-order valence-corrected chi connectivity index (χ1v) is 15.4. The lowest BCUT2D eigenvalue weighted by Gasteiger charge is -2.36. The third-order valence-electron chi connectivity index (χ3n) is 6.35. The van der Waals surface area contributed by atoms with Crippen molar-refractivity contribution in [1.29, 1.82) is 0 Å². The van der Waals surface area contributed by atoms with Crippen molar-refractivity contribution < 1.29 is 34.7 Å². The number of hydrogen-bond acceptors (Lipinski definition) is 8. The Bertz CT molecular complexity index is 1210. The van der Waals surface area contributed by atoms with Gasteiger partial charge in [0.2, 0.25) is 0 Å². The molecule has 38 heavy (non-hydrogen) atoms. The highest BCUT2D eigenvalue weighted by atomic mass is 32.2. The van der Waals surface area contributed by atoms with E-state index in [2.05, 4.69) is 0 Å².